The maximum atomic E-state index is 13.1. The van der Waals surface area contributed by atoms with Gasteiger partial charge in [-0.15, -0.1) is 0 Å². The summed E-state index contributed by atoms with van der Waals surface area (Å²) in [5, 5.41) is 3.43. The van der Waals surface area contributed by atoms with Crippen molar-refractivity contribution >= 4 is 0 Å². The third kappa shape index (κ3) is 4.75. The standard InChI is InChI=1S/C17H28FN3/c1-3-11-21(13-14-7-9-19-10-8-14)17(4-2)16-6-5-15(18)12-20-16/h5-6,12,14,17,19H,3-4,7-11,13H2,1-2H3. The van der Waals surface area contributed by atoms with Crippen LogP contribution >= 0.6 is 0 Å². The van der Waals surface area contributed by atoms with Crippen LogP contribution < -0.4 is 5.32 Å². The van der Waals surface area contributed by atoms with E-state index in [1.165, 1.54) is 25.1 Å². The first kappa shape index (κ1) is 16.4. The molecule has 0 aliphatic carbocycles. The molecule has 1 fully saturated rings. The van der Waals surface area contributed by atoms with E-state index in [2.05, 4.69) is 29.0 Å². The highest BCUT2D eigenvalue weighted by Crippen LogP contribution is 2.26. The Morgan fingerprint density at radius 1 is 1.33 bits per heavy atom. The summed E-state index contributed by atoms with van der Waals surface area (Å²) in [6, 6.07) is 3.68. The molecule has 2 rings (SSSR count). The number of rotatable bonds is 7. The largest absolute Gasteiger partial charge is 0.317 e. The molecule has 2 heterocycles. The van der Waals surface area contributed by atoms with Gasteiger partial charge in [-0.2, -0.15) is 0 Å². The van der Waals surface area contributed by atoms with E-state index in [0.717, 1.165) is 50.6 Å². The number of piperidine rings is 1. The number of hydrogen-bond donors (Lipinski definition) is 1. The molecule has 0 amide bonds. The maximum absolute atomic E-state index is 13.1. The Hall–Kier alpha value is -1.00. The Bertz CT molecular complexity index is 401. The monoisotopic (exact) mass is 293 g/mol. The van der Waals surface area contributed by atoms with Crippen LogP contribution in [0.3, 0.4) is 0 Å². The molecule has 1 atom stereocenters. The van der Waals surface area contributed by atoms with Gasteiger partial charge in [0.25, 0.3) is 0 Å². The molecule has 1 N–H and O–H groups in total. The first-order valence-electron chi connectivity index (χ1n) is 8.30. The highest BCUT2D eigenvalue weighted by Gasteiger charge is 2.23. The number of nitrogens with one attached hydrogen (secondary N) is 1. The lowest BCUT2D eigenvalue weighted by Crippen LogP contribution is -2.38. The maximum Gasteiger partial charge on any atom is 0.141 e. The Morgan fingerprint density at radius 3 is 2.67 bits per heavy atom. The predicted molar refractivity (Wildman–Crippen MR) is 84.7 cm³/mol. The third-order valence-corrected chi connectivity index (χ3v) is 4.38. The van der Waals surface area contributed by atoms with E-state index in [1.54, 1.807) is 0 Å². The molecule has 1 aliphatic rings. The molecule has 4 heteroatoms. The van der Waals surface area contributed by atoms with Crippen LogP contribution in [0, 0.1) is 11.7 Å². The average molecular weight is 293 g/mol. The minimum Gasteiger partial charge on any atom is -0.317 e. The molecule has 1 aromatic rings. The van der Waals surface area contributed by atoms with Crippen LogP contribution in [0.4, 0.5) is 4.39 Å². The Morgan fingerprint density at radius 2 is 2.10 bits per heavy atom. The lowest BCUT2D eigenvalue weighted by atomic mass is 9.96. The molecule has 0 spiro atoms. The summed E-state index contributed by atoms with van der Waals surface area (Å²) in [5.74, 6) is 0.515. The third-order valence-electron chi connectivity index (χ3n) is 4.38. The van der Waals surface area contributed by atoms with Crippen molar-refractivity contribution < 1.29 is 4.39 Å². The second kappa shape index (κ2) is 8.44. The zero-order valence-electron chi connectivity index (χ0n) is 13.3. The van der Waals surface area contributed by atoms with Crippen molar-refractivity contribution in [2.24, 2.45) is 5.92 Å². The van der Waals surface area contributed by atoms with E-state index in [1.807, 2.05) is 6.07 Å². The van der Waals surface area contributed by atoms with Gasteiger partial charge < -0.3 is 5.32 Å². The Balaban J connectivity index is 2.07. The summed E-state index contributed by atoms with van der Waals surface area (Å²) in [6.07, 6.45) is 6.01. The molecule has 1 saturated heterocycles. The number of aromatic nitrogens is 1. The lowest BCUT2D eigenvalue weighted by Gasteiger charge is -2.35. The van der Waals surface area contributed by atoms with E-state index < -0.39 is 0 Å². The van der Waals surface area contributed by atoms with Gasteiger partial charge in [-0.1, -0.05) is 13.8 Å². The number of nitrogens with zero attached hydrogens (tertiary/aromatic N) is 2. The normalized spacial score (nSPS) is 18.1. The first-order chi connectivity index (χ1) is 10.2. The van der Waals surface area contributed by atoms with E-state index in [0.29, 0.717) is 6.04 Å². The fourth-order valence-corrected chi connectivity index (χ4v) is 3.30. The van der Waals surface area contributed by atoms with Gasteiger partial charge in [-0.3, -0.25) is 9.88 Å². The minimum absolute atomic E-state index is 0.256. The van der Waals surface area contributed by atoms with Gasteiger partial charge in [0, 0.05) is 6.54 Å². The molecule has 118 valence electrons. The van der Waals surface area contributed by atoms with Gasteiger partial charge in [-0.25, -0.2) is 4.39 Å². The Kier molecular flexibility index (Phi) is 6.58. The predicted octanol–water partition coefficient (Wildman–Crippen LogP) is 3.38. The van der Waals surface area contributed by atoms with Crippen molar-refractivity contribution in [2.75, 3.05) is 26.2 Å². The summed E-state index contributed by atoms with van der Waals surface area (Å²) in [6.45, 7) is 8.90. The molecule has 1 aromatic heterocycles. The van der Waals surface area contributed by atoms with Crippen LogP contribution in [0.15, 0.2) is 18.3 Å². The molecule has 1 unspecified atom stereocenters. The van der Waals surface area contributed by atoms with Crippen molar-refractivity contribution in [3.8, 4) is 0 Å². The first-order valence-corrected chi connectivity index (χ1v) is 8.30. The van der Waals surface area contributed by atoms with Gasteiger partial charge in [0.2, 0.25) is 0 Å². The molecule has 0 bridgehead atoms. The van der Waals surface area contributed by atoms with Crippen LogP contribution in [0.1, 0.15) is 51.3 Å². The second-order valence-electron chi connectivity index (χ2n) is 6.01. The SMILES string of the molecule is CCCN(CC1CCNCC1)C(CC)c1ccc(F)cn1. The number of halogens is 1. The van der Waals surface area contributed by atoms with Crippen molar-refractivity contribution in [1.82, 2.24) is 15.2 Å². The van der Waals surface area contributed by atoms with Gasteiger partial charge in [-0.05, 0) is 63.4 Å². The quantitative estimate of drug-likeness (QED) is 0.835. The molecular weight excluding hydrogens is 265 g/mol. The zero-order valence-corrected chi connectivity index (χ0v) is 13.3. The highest BCUT2D eigenvalue weighted by atomic mass is 19.1. The summed E-state index contributed by atoms with van der Waals surface area (Å²) in [7, 11) is 0. The molecule has 0 aromatic carbocycles. The number of pyridine rings is 1. The average Bonchev–Trinajstić information content (AvgIpc) is 2.51. The van der Waals surface area contributed by atoms with Crippen LogP contribution in [-0.4, -0.2) is 36.1 Å². The van der Waals surface area contributed by atoms with Gasteiger partial charge in [0.05, 0.1) is 17.9 Å². The number of hydrogen-bond acceptors (Lipinski definition) is 3. The zero-order chi connectivity index (χ0) is 15.1. The van der Waals surface area contributed by atoms with Gasteiger partial charge >= 0.3 is 0 Å². The van der Waals surface area contributed by atoms with Crippen LogP contribution in [-0.2, 0) is 0 Å². The second-order valence-corrected chi connectivity index (χ2v) is 6.01. The molecule has 0 saturated carbocycles. The topological polar surface area (TPSA) is 28.2 Å². The molecule has 21 heavy (non-hydrogen) atoms. The smallest absolute Gasteiger partial charge is 0.141 e. The lowest BCUT2D eigenvalue weighted by molar-refractivity contribution is 0.145. The summed E-state index contributed by atoms with van der Waals surface area (Å²) >= 11 is 0. The van der Waals surface area contributed by atoms with Crippen molar-refractivity contribution in [2.45, 2.75) is 45.6 Å². The van der Waals surface area contributed by atoms with Crippen LogP contribution in [0.25, 0.3) is 0 Å². The molecule has 1 aliphatic heterocycles. The van der Waals surface area contributed by atoms with E-state index in [-0.39, 0.29) is 5.82 Å². The minimum atomic E-state index is -0.256. The van der Waals surface area contributed by atoms with E-state index >= 15 is 0 Å². The van der Waals surface area contributed by atoms with Gasteiger partial charge in [0.1, 0.15) is 5.82 Å². The van der Waals surface area contributed by atoms with E-state index in [9.17, 15) is 4.39 Å². The molecular formula is C17H28FN3. The van der Waals surface area contributed by atoms with Crippen LogP contribution in [0.2, 0.25) is 0 Å². The Labute approximate surface area is 127 Å². The van der Waals surface area contributed by atoms with E-state index in [4.69, 9.17) is 0 Å². The van der Waals surface area contributed by atoms with Crippen molar-refractivity contribution in [3.63, 3.8) is 0 Å². The van der Waals surface area contributed by atoms with Crippen molar-refractivity contribution in [3.05, 3.63) is 29.8 Å². The fourth-order valence-electron chi connectivity index (χ4n) is 3.30. The summed E-state index contributed by atoms with van der Waals surface area (Å²) in [4.78, 5) is 6.87. The fraction of sp³-hybridized carbons (Fsp3) is 0.706. The molecule has 3 nitrogen and oxygen atoms in total. The summed E-state index contributed by atoms with van der Waals surface area (Å²) in [5.41, 5.74) is 1.00. The highest BCUT2D eigenvalue weighted by molar-refractivity contribution is 5.10. The molecule has 0 radical (unpaired) electrons. The summed E-state index contributed by atoms with van der Waals surface area (Å²) < 4.78 is 13.1. The van der Waals surface area contributed by atoms with Crippen LogP contribution in [0.5, 0.6) is 0 Å². The van der Waals surface area contributed by atoms with Crippen molar-refractivity contribution in [1.29, 1.82) is 0 Å². The van der Waals surface area contributed by atoms with Gasteiger partial charge in [0.15, 0.2) is 0 Å².